The lowest BCUT2D eigenvalue weighted by atomic mass is 9.89. The number of nitrogens with one attached hydrogen (secondary N) is 2. The molecule has 2 fully saturated rings. The Labute approximate surface area is 162 Å². The van der Waals surface area contributed by atoms with Crippen molar-refractivity contribution in [3.8, 4) is 0 Å². The van der Waals surface area contributed by atoms with Crippen LogP contribution in [-0.2, 0) is 4.79 Å². The summed E-state index contributed by atoms with van der Waals surface area (Å²) >= 11 is 0. The fourth-order valence-electron chi connectivity index (χ4n) is 3.84. The second-order valence-corrected chi connectivity index (χ2v) is 6.74. The topological polar surface area (TPSA) is 61.0 Å². The Morgan fingerprint density at radius 3 is 2.65 bits per heavy atom. The first-order valence-corrected chi connectivity index (χ1v) is 8.35. The standard InChI is InChI=1S/C17H20F2N4O.2ClH/c18-17(19)8-14(22-10-17)16(24)23-6-3-11(4-7-23)13-9-21-15-12(13)2-1-5-20-15;;/h1-2,5,9,11,14,22H,3-4,6-8,10H2,(H,20,21);2*1H. The number of aromatic amines is 1. The van der Waals surface area contributed by atoms with Gasteiger partial charge in [-0.15, -0.1) is 24.8 Å². The largest absolute Gasteiger partial charge is 0.346 e. The highest BCUT2D eigenvalue weighted by Gasteiger charge is 2.43. The molecule has 2 aliphatic heterocycles. The maximum Gasteiger partial charge on any atom is 0.262 e. The Kier molecular flexibility index (Phi) is 6.47. The van der Waals surface area contributed by atoms with Gasteiger partial charge in [0.15, 0.2) is 0 Å². The number of hydrogen-bond donors (Lipinski definition) is 2. The molecule has 1 amide bonds. The number of rotatable bonds is 2. The highest BCUT2D eigenvalue weighted by Crippen LogP contribution is 2.33. The zero-order valence-corrected chi connectivity index (χ0v) is 15.7. The maximum absolute atomic E-state index is 13.3. The molecular formula is C17H22Cl2F2N4O. The lowest BCUT2D eigenvalue weighted by Gasteiger charge is -2.33. The van der Waals surface area contributed by atoms with Gasteiger partial charge >= 0.3 is 0 Å². The van der Waals surface area contributed by atoms with Gasteiger partial charge in [-0.25, -0.2) is 13.8 Å². The van der Waals surface area contributed by atoms with Crippen molar-refractivity contribution in [3.05, 3.63) is 30.1 Å². The summed E-state index contributed by atoms with van der Waals surface area (Å²) in [4.78, 5) is 21.6. The average molecular weight is 407 g/mol. The summed E-state index contributed by atoms with van der Waals surface area (Å²) in [6, 6.07) is 3.23. The van der Waals surface area contributed by atoms with Gasteiger partial charge in [0.05, 0.1) is 12.6 Å². The summed E-state index contributed by atoms with van der Waals surface area (Å²) in [6.45, 7) is 0.822. The van der Waals surface area contributed by atoms with Gasteiger partial charge in [0.1, 0.15) is 5.65 Å². The summed E-state index contributed by atoms with van der Waals surface area (Å²) in [5, 5.41) is 3.78. The lowest BCUT2D eigenvalue weighted by molar-refractivity contribution is -0.134. The van der Waals surface area contributed by atoms with Crippen molar-refractivity contribution in [2.75, 3.05) is 19.6 Å². The summed E-state index contributed by atoms with van der Waals surface area (Å²) in [6.07, 6.45) is 5.06. The Balaban J connectivity index is 0.00000121. The minimum absolute atomic E-state index is 0. The smallest absolute Gasteiger partial charge is 0.262 e. The van der Waals surface area contributed by atoms with Gasteiger partial charge in [-0.2, -0.15) is 0 Å². The van der Waals surface area contributed by atoms with Crippen LogP contribution in [0.3, 0.4) is 0 Å². The van der Waals surface area contributed by atoms with Crippen molar-refractivity contribution in [2.24, 2.45) is 0 Å². The van der Waals surface area contributed by atoms with E-state index in [0.717, 1.165) is 23.9 Å². The number of likely N-dealkylation sites (tertiary alicyclic amines) is 1. The van der Waals surface area contributed by atoms with Gasteiger partial charge in [-0.3, -0.25) is 10.1 Å². The molecule has 144 valence electrons. The number of halogens is 4. The third-order valence-corrected chi connectivity index (χ3v) is 5.14. The van der Waals surface area contributed by atoms with Crippen molar-refractivity contribution < 1.29 is 13.6 Å². The van der Waals surface area contributed by atoms with Crippen molar-refractivity contribution in [1.82, 2.24) is 20.2 Å². The number of alkyl halides is 2. The van der Waals surface area contributed by atoms with Crippen LogP contribution in [0.5, 0.6) is 0 Å². The second-order valence-electron chi connectivity index (χ2n) is 6.74. The molecular weight excluding hydrogens is 385 g/mol. The quantitative estimate of drug-likeness (QED) is 0.805. The summed E-state index contributed by atoms with van der Waals surface area (Å²) in [7, 11) is 0. The number of carbonyl (C=O) groups is 1. The lowest BCUT2D eigenvalue weighted by Crippen LogP contribution is -2.46. The predicted octanol–water partition coefficient (Wildman–Crippen LogP) is 3.11. The van der Waals surface area contributed by atoms with Crippen molar-refractivity contribution in [3.63, 3.8) is 0 Å². The Morgan fingerprint density at radius 2 is 2.00 bits per heavy atom. The van der Waals surface area contributed by atoms with Crippen LogP contribution in [0.1, 0.15) is 30.7 Å². The fraction of sp³-hybridized carbons (Fsp3) is 0.529. The summed E-state index contributed by atoms with van der Waals surface area (Å²) in [5.74, 6) is -2.59. The molecule has 1 unspecified atom stereocenters. The van der Waals surface area contributed by atoms with E-state index in [9.17, 15) is 13.6 Å². The van der Waals surface area contributed by atoms with E-state index in [1.807, 2.05) is 12.3 Å². The molecule has 9 heteroatoms. The number of pyridine rings is 1. The molecule has 0 bridgehead atoms. The van der Waals surface area contributed by atoms with E-state index < -0.39 is 18.5 Å². The Morgan fingerprint density at radius 1 is 1.27 bits per heavy atom. The zero-order chi connectivity index (χ0) is 16.7. The molecule has 5 nitrogen and oxygen atoms in total. The molecule has 0 aromatic carbocycles. The zero-order valence-electron chi connectivity index (χ0n) is 14.1. The van der Waals surface area contributed by atoms with Gasteiger partial charge < -0.3 is 9.88 Å². The van der Waals surface area contributed by atoms with Crippen LogP contribution < -0.4 is 5.32 Å². The first kappa shape index (κ1) is 20.9. The molecule has 2 N–H and O–H groups in total. The molecule has 1 atom stereocenters. The number of piperidine rings is 1. The van der Waals surface area contributed by atoms with Crippen molar-refractivity contribution in [2.45, 2.75) is 37.1 Å². The van der Waals surface area contributed by atoms with E-state index in [-0.39, 0.29) is 37.1 Å². The molecule has 4 rings (SSSR count). The van der Waals surface area contributed by atoms with Crippen LogP contribution in [0, 0.1) is 0 Å². The van der Waals surface area contributed by atoms with E-state index in [0.29, 0.717) is 19.0 Å². The van der Waals surface area contributed by atoms with Crippen LogP contribution in [-0.4, -0.2) is 52.4 Å². The van der Waals surface area contributed by atoms with Crippen LogP contribution in [0.2, 0.25) is 0 Å². The average Bonchev–Trinajstić information content (AvgIpc) is 3.17. The monoisotopic (exact) mass is 406 g/mol. The van der Waals surface area contributed by atoms with Gasteiger partial charge in [-0.05, 0) is 36.5 Å². The molecule has 2 saturated heterocycles. The first-order chi connectivity index (χ1) is 11.5. The first-order valence-electron chi connectivity index (χ1n) is 8.35. The molecule has 0 aliphatic carbocycles. The van der Waals surface area contributed by atoms with Gasteiger partial charge in [0, 0.05) is 37.3 Å². The number of amides is 1. The number of hydrogen-bond acceptors (Lipinski definition) is 3. The molecule has 0 spiro atoms. The van der Waals surface area contributed by atoms with E-state index in [1.54, 1.807) is 11.1 Å². The minimum Gasteiger partial charge on any atom is -0.346 e. The molecule has 2 aliphatic rings. The fourth-order valence-corrected chi connectivity index (χ4v) is 3.84. The molecule has 2 aromatic heterocycles. The number of H-pyrrole nitrogens is 1. The van der Waals surface area contributed by atoms with Crippen LogP contribution >= 0.6 is 24.8 Å². The number of carbonyl (C=O) groups excluding carboxylic acids is 1. The van der Waals surface area contributed by atoms with Crippen LogP contribution in [0.25, 0.3) is 11.0 Å². The second kappa shape index (κ2) is 8.06. The summed E-state index contributed by atoms with van der Waals surface area (Å²) < 4.78 is 26.6. The third-order valence-electron chi connectivity index (χ3n) is 5.14. The van der Waals surface area contributed by atoms with Crippen molar-refractivity contribution in [1.29, 1.82) is 0 Å². The summed E-state index contributed by atoms with van der Waals surface area (Å²) in [5.41, 5.74) is 2.11. The third kappa shape index (κ3) is 3.94. The molecule has 4 heterocycles. The minimum atomic E-state index is -2.77. The molecule has 26 heavy (non-hydrogen) atoms. The normalized spacial score (nSPS) is 22.7. The Bertz CT molecular complexity index is 762. The van der Waals surface area contributed by atoms with Crippen LogP contribution in [0.15, 0.2) is 24.5 Å². The van der Waals surface area contributed by atoms with E-state index in [4.69, 9.17) is 0 Å². The van der Waals surface area contributed by atoms with Crippen LogP contribution in [0.4, 0.5) is 8.78 Å². The highest BCUT2D eigenvalue weighted by atomic mass is 35.5. The van der Waals surface area contributed by atoms with E-state index in [2.05, 4.69) is 21.4 Å². The van der Waals surface area contributed by atoms with Gasteiger partial charge in [0.2, 0.25) is 5.91 Å². The van der Waals surface area contributed by atoms with Crippen molar-refractivity contribution >= 4 is 41.8 Å². The number of aromatic nitrogens is 2. The Hall–Kier alpha value is -1.44. The van der Waals surface area contributed by atoms with E-state index >= 15 is 0 Å². The molecule has 0 saturated carbocycles. The van der Waals surface area contributed by atoms with Gasteiger partial charge in [0.25, 0.3) is 5.92 Å². The SMILES string of the molecule is Cl.Cl.O=C(C1CC(F)(F)CN1)N1CCC(c2c[nH]c3ncccc23)CC1. The maximum atomic E-state index is 13.3. The predicted molar refractivity (Wildman–Crippen MR) is 100 cm³/mol. The highest BCUT2D eigenvalue weighted by molar-refractivity contribution is 5.85. The molecule has 2 aromatic rings. The number of nitrogens with zero attached hydrogens (tertiary/aromatic N) is 2. The van der Waals surface area contributed by atoms with Gasteiger partial charge in [-0.1, -0.05) is 0 Å². The van der Waals surface area contributed by atoms with E-state index in [1.165, 1.54) is 5.56 Å². The molecule has 0 radical (unpaired) electrons. The number of fused-ring (bicyclic) bond motifs is 1.